The number of nitrogens with zero attached hydrogens (tertiary/aromatic N) is 1. The first-order chi connectivity index (χ1) is 6.63. The second kappa shape index (κ2) is 4.62. The van der Waals surface area contributed by atoms with Gasteiger partial charge in [-0.1, -0.05) is 11.6 Å². The zero-order chi connectivity index (χ0) is 10.6. The molecule has 0 heterocycles. The fourth-order valence-electron chi connectivity index (χ4n) is 0.977. The molecule has 14 heavy (non-hydrogen) atoms. The molecule has 74 valence electrons. The minimum Gasteiger partial charge on any atom is -0.496 e. The third-order valence-corrected chi connectivity index (χ3v) is 1.80. The maximum Gasteiger partial charge on any atom is 0.235 e. The van der Waals surface area contributed by atoms with Crippen molar-refractivity contribution in [3.63, 3.8) is 0 Å². The maximum atomic E-state index is 10.1. The number of halogens is 1. The van der Waals surface area contributed by atoms with Gasteiger partial charge < -0.3 is 4.74 Å². The van der Waals surface area contributed by atoms with Crippen LogP contribution in [0.1, 0.15) is 5.56 Å². The molecule has 0 spiro atoms. The lowest BCUT2D eigenvalue weighted by atomic mass is 10.2. The SMILES string of the molecule is COc1ccc(Cl)cc1/C=C/[N+](=O)[O-]. The molecule has 0 unspecified atom stereocenters. The second-order valence-electron chi connectivity index (χ2n) is 2.49. The fraction of sp³-hybridized carbons (Fsp3) is 0.111. The van der Waals surface area contributed by atoms with Crippen LogP contribution < -0.4 is 4.74 Å². The lowest BCUT2D eigenvalue weighted by Crippen LogP contribution is -1.88. The van der Waals surface area contributed by atoms with Gasteiger partial charge in [-0.15, -0.1) is 0 Å². The van der Waals surface area contributed by atoms with Crippen LogP contribution in [-0.2, 0) is 0 Å². The predicted molar refractivity (Wildman–Crippen MR) is 54.0 cm³/mol. The molecule has 4 nitrogen and oxygen atoms in total. The quantitative estimate of drug-likeness (QED) is 0.573. The maximum absolute atomic E-state index is 10.1. The van der Waals surface area contributed by atoms with E-state index in [1.807, 2.05) is 0 Å². The highest BCUT2D eigenvalue weighted by Gasteiger charge is 2.01. The molecule has 0 aliphatic rings. The molecule has 0 amide bonds. The topological polar surface area (TPSA) is 52.4 Å². The van der Waals surface area contributed by atoms with Crippen LogP contribution >= 0.6 is 11.6 Å². The van der Waals surface area contributed by atoms with Gasteiger partial charge >= 0.3 is 0 Å². The minimum atomic E-state index is -0.541. The number of hydrogen-bond donors (Lipinski definition) is 0. The van der Waals surface area contributed by atoms with E-state index in [4.69, 9.17) is 16.3 Å². The Balaban J connectivity index is 3.04. The van der Waals surface area contributed by atoms with Gasteiger partial charge in [0.05, 0.1) is 12.0 Å². The van der Waals surface area contributed by atoms with E-state index in [1.165, 1.54) is 13.2 Å². The third-order valence-electron chi connectivity index (χ3n) is 1.57. The van der Waals surface area contributed by atoms with Crippen molar-refractivity contribution in [2.45, 2.75) is 0 Å². The monoisotopic (exact) mass is 213 g/mol. The van der Waals surface area contributed by atoms with Crippen LogP contribution in [0.5, 0.6) is 5.75 Å². The summed E-state index contributed by atoms with van der Waals surface area (Å²) in [4.78, 5) is 9.56. The molecule has 0 aliphatic heterocycles. The van der Waals surface area contributed by atoms with Gasteiger partial charge in [-0.3, -0.25) is 10.1 Å². The standard InChI is InChI=1S/C9H8ClNO3/c1-14-9-3-2-8(10)6-7(9)4-5-11(12)13/h2-6H,1H3/b5-4+. The summed E-state index contributed by atoms with van der Waals surface area (Å²) < 4.78 is 5.00. The van der Waals surface area contributed by atoms with Gasteiger partial charge in [0, 0.05) is 16.7 Å². The first kappa shape index (κ1) is 10.5. The Kier molecular flexibility index (Phi) is 3.48. The fourth-order valence-corrected chi connectivity index (χ4v) is 1.16. The molecular formula is C9H8ClNO3. The van der Waals surface area contributed by atoms with Crippen molar-refractivity contribution in [1.29, 1.82) is 0 Å². The number of hydrogen-bond acceptors (Lipinski definition) is 3. The summed E-state index contributed by atoms with van der Waals surface area (Å²) in [5.41, 5.74) is 0.580. The molecule has 0 saturated carbocycles. The Morgan fingerprint density at radius 1 is 1.57 bits per heavy atom. The van der Waals surface area contributed by atoms with E-state index in [2.05, 4.69) is 0 Å². The van der Waals surface area contributed by atoms with Gasteiger partial charge in [0.1, 0.15) is 5.75 Å². The Morgan fingerprint density at radius 3 is 2.86 bits per heavy atom. The molecule has 1 rings (SSSR count). The minimum absolute atomic E-state index is 0.508. The van der Waals surface area contributed by atoms with Crippen molar-refractivity contribution in [1.82, 2.24) is 0 Å². The molecule has 5 heteroatoms. The summed E-state index contributed by atoms with van der Waals surface area (Å²) >= 11 is 5.73. The lowest BCUT2D eigenvalue weighted by molar-refractivity contribution is -0.400. The first-order valence-corrected chi connectivity index (χ1v) is 4.16. The largest absolute Gasteiger partial charge is 0.496 e. The number of benzene rings is 1. The molecule has 0 aliphatic carbocycles. The van der Waals surface area contributed by atoms with Crippen LogP contribution in [0.25, 0.3) is 6.08 Å². The van der Waals surface area contributed by atoms with Crippen LogP contribution in [0, 0.1) is 10.1 Å². The Hall–Kier alpha value is -1.55. The highest BCUT2D eigenvalue weighted by atomic mass is 35.5. The molecule has 0 N–H and O–H groups in total. The van der Waals surface area contributed by atoms with Crippen molar-refractivity contribution < 1.29 is 9.66 Å². The number of nitro groups is 1. The van der Waals surface area contributed by atoms with Gasteiger partial charge in [0.2, 0.25) is 6.20 Å². The van der Waals surface area contributed by atoms with Crippen molar-refractivity contribution >= 4 is 17.7 Å². The zero-order valence-electron chi connectivity index (χ0n) is 7.44. The molecule has 0 atom stereocenters. The third kappa shape index (κ3) is 2.74. The van der Waals surface area contributed by atoms with E-state index in [9.17, 15) is 10.1 Å². The van der Waals surface area contributed by atoms with Crippen LogP contribution in [0.3, 0.4) is 0 Å². The molecule has 0 saturated heterocycles. The lowest BCUT2D eigenvalue weighted by Gasteiger charge is -2.03. The summed E-state index contributed by atoms with van der Waals surface area (Å²) in [6.07, 6.45) is 2.18. The highest BCUT2D eigenvalue weighted by Crippen LogP contribution is 2.23. The van der Waals surface area contributed by atoms with E-state index in [-0.39, 0.29) is 0 Å². The van der Waals surface area contributed by atoms with E-state index < -0.39 is 4.92 Å². The van der Waals surface area contributed by atoms with Crippen LogP contribution in [-0.4, -0.2) is 12.0 Å². The molecule has 1 aromatic rings. The van der Waals surface area contributed by atoms with Crippen LogP contribution in [0.4, 0.5) is 0 Å². The van der Waals surface area contributed by atoms with Gasteiger partial charge in [0.15, 0.2) is 0 Å². The van der Waals surface area contributed by atoms with E-state index in [0.29, 0.717) is 16.3 Å². The van der Waals surface area contributed by atoms with E-state index in [1.54, 1.807) is 18.2 Å². The average molecular weight is 214 g/mol. The average Bonchev–Trinajstić information content (AvgIpc) is 2.15. The normalized spacial score (nSPS) is 10.4. The number of ether oxygens (including phenoxy) is 1. The molecule has 0 aromatic heterocycles. The first-order valence-electron chi connectivity index (χ1n) is 3.78. The van der Waals surface area contributed by atoms with Crippen molar-refractivity contribution in [2.75, 3.05) is 7.11 Å². The summed E-state index contributed by atoms with van der Waals surface area (Å²) in [6.45, 7) is 0. The van der Waals surface area contributed by atoms with Crippen LogP contribution in [0.2, 0.25) is 5.02 Å². The number of methoxy groups -OCH3 is 1. The molecule has 1 aromatic carbocycles. The van der Waals surface area contributed by atoms with Crippen molar-refractivity contribution in [2.24, 2.45) is 0 Å². The zero-order valence-corrected chi connectivity index (χ0v) is 8.19. The van der Waals surface area contributed by atoms with E-state index >= 15 is 0 Å². The number of rotatable bonds is 3. The van der Waals surface area contributed by atoms with Gasteiger partial charge in [-0.2, -0.15) is 0 Å². The van der Waals surface area contributed by atoms with Crippen molar-refractivity contribution in [3.05, 3.63) is 45.1 Å². The van der Waals surface area contributed by atoms with Gasteiger partial charge in [-0.05, 0) is 18.2 Å². The second-order valence-corrected chi connectivity index (χ2v) is 2.92. The highest BCUT2D eigenvalue weighted by molar-refractivity contribution is 6.30. The summed E-state index contributed by atoms with van der Waals surface area (Å²) in [5, 5.41) is 10.6. The van der Waals surface area contributed by atoms with Gasteiger partial charge in [0.25, 0.3) is 0 Å². The molecule has 0 fully saturated rings. The van der Waals surface area contributed by atoms with Crippen LogP contribution in [0.15, 0.2) is 24.4 Å². The molecular weight excluding hydrogens is 206 g/mol. The van der Waals surface area contributed by atoms with Crippen molar-refractivity contribution in [3.8, 4) is 5.75 Å². The Morgan fingerprint density at radius 2 is 2.29 bits per heavy atom. The smallest absolute Gasteiger partial charge is 0.235 e. The van der Waals surface area contributed by atoms with E-state index in [0.717, 1.165) is 6.20 Å². The molecule has 0 bridgehead atoms. The van der Waals surface area contributed by atoms with Gasteiger partial charge in [-0.25, -0.2) is 0 Å². The summed E-state index contributed by atoms with van der Waals surface area (Å²) in [5.74, 6) is 0.549. The summed E-state index contributed by atoms with van der Waals surface area (Å²) in [6, 6.07) is 4.91. The molecule has 0 radical (unpaired) electrons. The Labute approximate surface area is 85.9 Å². The Bertz CT molecular complexity index is 376. The summed E-state index contributed by atoms with van der Waals surface area (Å²) in [7, 11) is 1.49. The predicted octanol–water partition coefficient (Wildman–Crippen LogP) is 2.60.